The molecule has 2 aromatic carbocycles. The highest BCUT2D eigenvalue weighted by molar-refractivity contribution is 5.97. The van der Waals surface area contributed by atoms with Gasteiger partial charge in [0.15, 0.2) is 0 Å². The van der Waals surface area contributed by atoms with Crippen LogP contribution in [-0.4, -0.2) is 48.4 Å². The van der Waals surface area contributed by atoms with Crippen LogP contribution in [0.25, 0.3) is 11.1 Å². The number of nitrogens with one attached hydrogen (secondary N) is 2. The molecule has 2 aromatic rings. The van der Waals surface area contributed by atoms with Crippen LogP contribution < -0.4 is 10.6 Å². The Morgan fingerprint density at radius 1 is 1.27 bits per heavy atom. The van der Waals surface area contributed by atoms with Gasteiger partial charge in [-0.05, 0) is 66.0 Å². The molecule has 1 saturated heterocycles. The molecular formula is C26H27FN4O2. The largest absolute Gasteiger partial charge is 0.341 e. The van der Waals surface area contributed by atoms with E-state index in [9.17, 15) is 19.2 Å². The zero-order valence-corrected chi connectivity index (χ0v) is 18.6. The first-order valence-corrected chi connectivity index (χ1v) is 11.6. The quantitative estimate of drug-likeness (QED) is 0.740. The summed E-state index contributed by atoms with van der Waals surface area (Å²) in [5.41, 5.74) is 3.63. The number of fused-ring (bicyclic) bond motifs is 3. The maximum absolute atomic E-state index is 15.0. The van der Waals surface area contributed by atoms with E-state index >= 15 is 0 Å². The number of amides is 2. The molecule has 7 heteroatoms. The summed E-state index contributed by atoms with van der Waals surface area (Å²) in [7, 11) is 1.79. The third-order valence-electron chi connectivity index (χ3n) is 7.32. The van der Waals surface area contributed by atoms with Gasteiger partial charge in [0, 0.05) is 31.6 Å². The topological polar surface area (TPSA) is 85.2 Å². The molecule has 1 aliphatic carbocycles. The van der Waals surface area contributed by atoms with E-state index in [0.717, 1.165) is 36.8 Å². The van der Waals surface area contributed by atoms with E-state index in [1.165, 1.54) is 6.07 Å². The Morgan fingerprint density at radius 2 is 2.06 bits per heavy atom. The summed E-state index contributed by atoms with van der Waals surface area (Å²) < 4.78 is 15.0. The standard InChI is InChI=1S/C26H27FN4O2/c1-31-9-8-17-10-15(5-7-22(17)26(31)33)16-2-3-18(23(27)13-16)11-21(14-28)30-25(32)24-19-4-6-20(12-19)29-24/h2-3,5,7,10,13,19-21,24,29H,4,6,8-9,11-12H2,1H3,(H,30,32). The van der Waals surface area contributed by atoms with Crippen molar-refractivity contribution < 1.29 is 14.0 Å². The lowest BCUT2D eigenvalue weighted by Gasteiger charge is -2.25. The number of nitriles is 1. The fourth-order valence-corrected chi connectivity index (χ4v) is 5.44. The number of carbonyl (C=O) groups is 2. The van der Waals surface area contributed by atoms with Crippen LogP contribution in [0.15, 0.2) is 36.4 Å². The van der Waals surface area contributed by atoms with Crippen molar-refractivity contribution >= 4 is 11.8 Å². The lowest BCUT2D eigenvalue weighted by molar-refractivity contribution is -0.124. The molecule has 4 atom stereocenters. The van der Waals surface area contributed by atoms with Gasteiger partial charge in [-0.2, -0.15) is 5.26 Å². The third-order valence-corrected chi connectivity index (χ3v) is 7.32. The monoisotopic (exact) mass is 446 g/mol. The molecule has 0 aromatic heterocycles. The Morgan fingerprint density at radius 3 is 2.76 bits per heavy atom. The van der Waals surface area contributed by atoms with Gasteiger partial charge in [-0.1, -0.05) is 24.3 Å². The Hall–Kier alpha value is -3.24. The number of likely N-dealkylation sites (N-methyl/N-ethyl adjacent to an activating group) is 1. The molecule has 33 heavy (non-hydrogen) atoms. The zero-order valence-electron chi connectivity index (χ0n) is 18.6. The van der Waals surface area contributed by atoms with E-state index < -0.39 is 11.9 Å². The van der Waals surface area contributed by atoms with Gasteiger partial charge < -0.3 is 15.5 Å². The molecule has 5 rings (SSSR count). The normalized spacial score (nSPS) is 24.3. The minimum absolute atomic E-state index is 0.00885. The second-order valence-corrected chi connectivity index (χ2v) is 9.46. The second-order valence-electron chi connectivity index (χ2n) is 9.46. The SMILES string of the molecule is CN1CCc2cc(-c3ccc(CC(C#N)NC(=O)C4NC5CCC4C5)c(F)c3)ccc2C1=O. The number of nitrogens with zero attached hydrogens (tertiary/aromatic N) is 2. The highest BCUT2D eigenvalue weighted by Gasteiger charge is 2.43. The summed E-state index contributed by atoms with van der Waals surface area (Å²) in [6.07, 6.45) is 4.04. The smallest absolute Gasteiger partial charge is 0.253 e. The molecule has 170 valence electrons. The summed E-state index contributed by atoms with van der Waals surface area (Å²) in [5.74, 6) is -0.235. The molecule has 2 N–H and O–H groups in total. The summed E-state index contributed by atoms with van der Waals surface area (Å²) in [5, 5.41) is 15.7. The van der Waals surface area contributed by atoms with Crippen LogP contribution in [-0.2, 0) is 17.6 Å². The fourth-order valence-electron chi connectivity index (χ4n) is 5.44. The predicted octanol–water partition coefficient (Wildman–Crippen LogP) is 2.81. The lowest BCUT2D eigenvalue weighted by atomic mass is 9.93. The van der Waals surface area contributed by atoms with Crippen LogP contribution in [0, 0.1) is 23.1 Å². The van der Waals surface area contributed by atoms with E-state index in [-0.39, 0.29) is 24.3 Å². The average Bonchev–Trinajstić information content (AvgIpc) is 3.46. The molecule has 4 unspecified atom stereocenters. The van der Waals surface area contributed by atoms with Gasteiger partial charge in [-0.3, -0.25) is 9.59 Å². The Kier molecular flexibility index (Phi) is 5.63. The van der Waals surface area contributed by atoms with Gasteiger partial charge in [0.25, 0.3) is 5.91 Å². The number of benzene rings is 2. The number of rotatable bonds is 5. The van der Waals surface area contributed by atoms with Crippen molar-refractivity contribution in [2.75, 3.05) is 13.6 Å². The van der Waals surface area contributed by atoms with E-state index in [1.54, 1.807) is 24.1 Å². The van der Waals surface area contributed by atoms with Crippen LogP contribution in [0.5, 0.6) is 0 Å². The third kappa shape index (κ3) is 4.11. The molecule has 1 saturated carbocycles. The van der Waals surface area contributed by atoms with Crippen molar-refractivity contribution in [3.8, 4) is 17.2 Å². The van der Waals surface area contributed by atoms with Crippen molar-refractivity contribution in [2.24, 2.45) is 5.92 Å². The second kappa shape index (κ2) is 8.60. The molecular weight excluding hydrogens is 419 g/mol. The first-order chi connectivity index (χ1) is 15.9. The fraction of sp³-hybridized carbons (Fsp3) is 0.423. The van der Waals surface area contributed by atoms with Crippen molar-refractivity contribution in [3.05, 3.63) is 58.9 Å². The van der Waals surface area contributed by atoms with Gasteiger partial charge in [0.2, 0.25) is 5.91 Å². The van der Waals surface area contributed by atoms with Crippen LogP contribution in [0.2, 0.25) is 0 Å². The summed E-state index contributed by atoms with van der Waals surface area (Å²) in [6.45, 7) is 0.668. The minimum atomic E-state index is -0.787. The molecule has 2 bridgehead atoms. The van der Waals surface area contributed by atoms with Crippen LogP contribution in [0.1, 0.15) is 40.7 Å². The van der Waals surface area contributed by atoms with Crippen LogP contribution in [0.4, 0.5) is 4.39 Å². The zero-order chi connectivity index (χ0) is 23.1. The lowest BCUT2D eigenvalue weighted by Crippen LogP contribution is -2.50. The molecule has 0 radical (unpaired) electrons. The molecule has 2 amide bonds. The maximum atomic E-state index is 15.0. The molecule has 2 aliphatic heterocycles. The molecule has 6 nitrogen and oxygen atoms in total. The van der Waals surface area contributed by atoms with E-state index in [4.69, 9.17) is 0 Å². The number of halogens is 1. The molecule has 3 aliphatic rings. The minimum Gasteiger partial charge on any atom is -0.341 e. The number of hydrogen-bond donors (Lipinski definition) is 2. The summed E-state index contributed by atoms with van der Waals surface area (Å²) >= 11 is 0. The number of piperidine rings is 1. The molecule has 2 heterocycles. The van der Waals surface area contributed by atoms with E-state index in [2.05, 4.69) is 16.7 Å². The summed E-state index contributed by atoms with van der Waals surface area (Å²) in [4.78, 5) is 26.6. The van der Waals surface area contributed by atoms with E-state index in [0.29, 0.717) is 35.2 Å². The van der Waals surface area contributed by atoms with Gasteiger partial charge in [0.05, 0.1) is 12.1 Å². The van der Waals surface area contributed by atoms with Crippen LogP contribution in [0.3, 0.4) is 0 Å². The summed E-state index contributed by atoms with van der Waals surface area (Å²) in [6, 6.07) is 12.0. The van der Waals surface area contributed by atoms with Crippen molar-refractivity contribution in [3.63, 3.8) is 0 Å². The van der Waals surface area contributed by atoms with Crippen molar-refractivity contribution in [1.29, 1.82) is 5.26 Å². The van der Waals surface area contributed by atoms with Gasteiger partial charge in [0.1, 0.15) is 11.9 Å². The van der Waals surface area contributed by atoms with E-state index in [1.807, 2.05) is 18.2 Å². The number of hydrogen-bond acceptors (Lipinski definition) is 4. The number of carbonyl (C=O) groups excluding carboxylic acids is 2. The molecule has 2 fully saturated rings. The average molecular weight is 447 g/mol. The highest BCUT2D eigenvalue weighted by Crippen LogP contribution is 2.35. The van der Waals surface area contributed by atoms with Gasteiger partial charge in [-0.15, -0.1) is 0 Å². The van der Waals surface area contributed by atoms with Crippen molar-refractivity contribution in [1.82, 2.24) is 15.5 Å². The first kappa shape index (κ1) is 21.6. The predicted molar refractivity (Wildman–Crippen MR) is 122 cm³/mol. The Labute approximate surface area is 192 Å². The molecule has 0 spiro atoms. The highest BCUT2D eigenvalue weighted by atomic mass is 19.1. The van der Waals surface area contributed by atoms with Crippen molar-refractivity contribution in [2.45, 2.75) is 50.2 Å². The van der Waals surface area contributed by atoms with Crippen LogP contribution >= 0.6 is 0 Å². The van der Waals surface area contributed by atoms with Gasteiger partial charge in [-0.25, -0.2) is 4.39 Å². The first-order valence-electron chi connectivity index (χ1n) is 11.6. The maximum Gasteiger partial charge on any atom is 0.253 e. The Bertz CT molecular complexity index is 1160. The van der Waals surface area contributed by atoms with Gasteiger partial charge >= 0.3 is 0 Å². The Balaban J connectivity index is 1.28.